The van der Waals surface area contributed by atoms with Crippen LogP contribution in [0.2, 0.25) is 0 Å². The highest BCUT2D eigenvalue weighted by molar-refractivity contribution is 7.80. The molecule has 0 spiro atoms. The Morgan fingerprint density at radius 3 is 2.20 bits per heavy atom. The number of rotatable bonds is 5. The monoisotopic (exact) mass is 435 g/mol. The second-order valence-corrected chi connectivity index (χ2v) is 7.33. The Hall–Kier alpha value is -2.94. The number of amides is 2. The first-order chi connectivity index (χ1) is 14.2. The molecule has 0 aromatic heterocycles. The molecule has 0 saturated carbocycles. The average Bonchev–Trinajstić information content (AvgIpc) is 3.11. The lowest BCUT2D eigenvalue weighted by molar-refractivity contribution is -0.137. The Balaban J connectivity index is 1.42. The normalized spacial score (nSPS) is 13.0. The molecule has 1 heterocycles. The summed E-state index contributed by atoms with van der Waals surface area (Å²) in [5.74, 6) is -0.506. The quantitative estimate of drug-likeness (QED) is 0.690. The predicted octanol–water partition coefficient (Wildman–Crippen LogP) is 4.23. The second kappa shape index (κ2) is 9.25. The fourth-order valence-electron chi connectivity index (χ4n) is 3.25. The van der Waals surface area contributed by atoms with E-state index in [2.05, 4.69) is 10.6 Å². The van der Waals surface area contributed by atoms with Crippen molar-refractivity contribution in [3.8, 4) is 0 Å². The van der Waals surface area contributed by atoms with Gasteiger partial charge in [-0.05, 0) is 41.9 Å². The van der Waals surface area contributed by atoms with Crippen LogP contribution in [-0.4, -0.2) is 21.8 Å². The summed E-state index contributed by atoms with van der Waals surface area (Å²) in [6, 6.07) is 12.7. The van der Waals surface area contributed by atoms with Crippen LogP contribution >= 0.6 is 12.2 Å². The number of para-hydroxylation sites is 1. The van der Waals surface area contributed by atoms with E-state index in [1.807, 2.05) is 24.3 Å². The van der Waals surface area contributed by atoms with Crippen LogP contribution in [0.15, 0.2) is 48.5 Å². The lowest BCUT2D eigenvalue weighted by Gasteiger charge is -2.16. The number of nitrogens with one attached hydrogen (secondary N) is 2. The first-order valence-corrected chi connectivity index (χ1v) is 9.76. The molecule has 9 heteroatoms. The summed E-state index contributed by atoms with van der Waals surface area (Å²) in [6.45, 7) is 1.13. The molecule has 0 atom stereocenters. The minimum atomic E-state index is -4.54. The maximum Gasteiger partial charge on any atom is 0.418 e. The topological polar surface area (TPSA) is 61.4 Å². The number of carbonyl (C=O) groups excluding carboxylic acids is 2. The predicted molar refractivity (Wildman–Crippen MR) is 110 cm³/mol. The van der Waals surface area contributed by atoms with Crippen molar-refractivity contribution >= 4 is 34.8 Å². The highest BCUT2D eigenvalue weighted by atomic mass is 32.1. The van der Waals surface area contributed by atoms with E-state index in [1.165, 1.54) is 18.2 Å². The molecule has 2 aromatic rings. The molecule has 30 heavy (non-hydrogen) atoms. The summed E-state index contributed by atoms with van der Waals surface area (Å²) >= 11 is 4.94. The Morgan fingerprint density at radius 2 is 1.57 bits per heavy atom. The van der Waals surface area contributed by atoms with Gasteiger partial charge in [-0.25, -0.2) is 0 Å². The Morgan fingerprint density at radius 1 is 0.967 bits per heavy atom. The second-order valence-electron chi connectivity index (χ2n) is 6.92. The van der Waals surface area contributed by atoms with E-state index in [4.69, 9.17) is 12.2 Å². The summed E-state index contributed by atoms with van der Waals surface area (Å²) in [4.78, 5) is 26.1. The maximum atomic E-state index is 13.0. The van der Waals surface area contributed by atoms with E-state index in [0.29, 0.717) is 19.5 Å². The van der Waals surface area contributed by atoms with Crippen molar-refractivity contribution in [2.45, 2.75) is 38.5 Å². The molecule has 2 amide bonds. The Labute approximate surface area is 177 Å². The highest BCUT2D eigenvalue weighted by Crippen LogP contribution is 2.34. The fourth-order valence-corrected chi connectivity index (χ4v) is 3.47. The van der Waals surface area contributed by atoms with Crippen LogP contribution in [-0.2, 0) is 28.9 Å². The third-order valence-corrected chi connectivity index (χ3v) is 4.93. The van der Waals surface area contributed by atoms with Gasteiger partial charge in [0, 0.05) is 25.9 Å². The molecule has 0 fully saturated rings. The molecular formula is C21H20F3N3O2S. The van der Waals surface area contributed by atoms with Gasteiger partial charge in [0.25, 0.3) is 0 Å². The maximum absolute atomic E-state index is 13.0. The number of fused-ring (bicyclic) bond motifs is 1. The molecule has 0 radical (unpaired) electrons. The van der Waals surface area contributed by atoms with Crippen molar-refractivity contribution in [3.63, 3.8) is 0 Å². The van der Waals surface area contributed by atoms with Gasteiger partial charge >= 0.3 is 6.18 Å². The van der Waals surface area contributed by atoms with Crippen LogP contribution in [0.5, 0.6) is 0 Å². The van der Waals surface area contributed by atoms with E-state index in [-0.39, 0.29) is 29.5 Å². The van der Waals surface area contributed by atoms with Crippen molar-refractivity contribution in [2.24, 2.45) is 0 Å². The number of alkyl halides is 3. The lowest BCUT2D eigenvalue weighted by atomic mass is 10.1. The standard InChI is InChI=1S/C21H20F3N3O2S/c22-21(23,24)16-8-3-4-9-17(16)25-20(30)26-18(28)10-5-11-19(29)27-12-14-6-1-2-7-15(14)13-27/h1-4,6-9H,5,10-13H2,(H2,25,26,28,30). The van der Waals surface area contributed by atoms with Crippen LogP contribution in [0, 0.1) is 0 Å². The van der Waals surface area contributed by atoms with E-state index in [9.17, 15) is 22.8 Å². The summed E-state index contributed by atoms with van der Waals surface area (Å²) < 4.78 is 39.0. The molecule has 0 unspecified atom stereocenters. The number of halogens is 3. The van der Waals surface area contributed by atoms with Gasteiger partial charge in [-0.15, -0.1) is 0 Å². The average molecular weight is 435 g/mol. The molecule has 0 saturated heterocycles. The van der Waals surface area contributed by atoms with Crippen molar-refractivity contribution in [1.29, 1.82) is 0 Å². The highest BCUT2D eigenvalue weighted by Gasteiger charge is 2.33. The number of benzene rings is 2. The third-order valence-electron chi connectivity index (χ3n) is 4.72. The van der Waals surface area contributed by atoms with E-state index < -0.39 is 17.6 Å². The first-order valence-electron chi connectivity index (χ1n) is 9.35. The zero-order chi connectivity index (χ0) is 21.7. The van der Waals surface area contributed by atoms with Gasteiger partial charge in [0.05, 0.1) is 11.3 Å². The van der Waals surface area contributed by atoms with Gasteiger partial charge in [-0.3, -0.25) is 9.59 Å². The summed E-state index contributed by atoms with van der Waals surface area (Å²) in [7, 11) is 0. The number of nitrogens with zero attached hydrogens (tertiary/aromatic N) is 1. The van der Waals surface area contributed by atoms with Crippen molar-refractivity contribution in [2.75, 3.05) is 5.32 Å². The van der Waals surface area contributed by atoms with Crippen LogP contribution in [0.1, 0.15) is 36.0 Å². The largest absolute Gasteiger partial charge is 0.418 e. The van der Waals surface area contributed by atoms with Crippen LogP contribution in [0.3, 0.4) is 0 Å². The molecular weight excluding hydrogens is 415 g/mol. The summed E-state index contributed by atoms with van der Waals surface area (Å²) in [5.41, 5.74) is 1.14. The van der Waals surface area contributed by atoms with Gasteiger partial charge in [-0.2, -0.15) is 13.2 Å². The summed E-state index contributed by atoms with van der Waals surface area (Å²) in [5, 5.41) is 4.54. The number of anilines is 1. The molecule has 1 aliphatic rings. The number of hydrogen-bond donors (Lipinski definition) is 2. The van der Waals surface area contributed by atoms with E-state index in [1.54, 1.807) is 4.90 Å². The minimum Gasteiger partial charge on any atom is -0.334 e. The molecule has 5 nitrogen and oxygen atoms in total. The van der Waals surface area contributed by atoms with Gasteiger partial charge in [-0.1, -0.05) is 36.4 Å². The van der Waals surface area contributed by atoms with Gasteiger partial charge in [0.15, 0.2) is 5.11 Å². The molecule has 0 aliphatic carbocycles. The van der Waals surface area contributed by atoms with Crippen LogP contribution in [0.25, 0.3) is 0 Å². The molecule has 158 valence electrons. The third kappa shape index (κ3) is 5.56. The fraction of sp³-hybridized carbons (Fsp3) is 0.286. The van der Waals surface area contributed by atoms with Crippen molar-refractivity contribution in [3.05, 3.63) is 65.2 Å². The van der Waals surface area contributed by atoms with Crippen LogP contribution < -0.4 is 10.6 Å². The summed E-state index contributed by atoms with van der Waals surface area (Å²) in [6.07, 6.45) is -3.98. The van der Waals surface area contributed by atoms with Gasteiger partial charge < -0.3 is 15.5 Å². The smallest absolute Gasteiger partial charge is 0.334 e. The Bertz CT molecular complexity index is 938. The van der Waals surface area contributed by atoms with E-state index >= 15 is 0 Å². The SMILES string of the molecule is O=C(CCCC(=O)N1Cc2ccccc2C1)NC(=S)Nc1ccccc1C(F)(F)F. The van der Waals surface area contributed by atoms with Crippen molar-refractivity contribution < 1.29 is 22.8 Å². The molecule has 1 aliphatic heterocycles. The number of thiocarbonyl (C=S) groups is 1. The zero-order valence-electron chi connectivity index (χ0n) is 16.0. The minimum absolute atomic E-state index is 0.0370. The first kappa shape index (κ1) is 21.8. The number of hydrogen-bond acceptors (Lipinski definition) is 3. The Kier molecular flexibility index (Phi) is 6.71. The van der Waals surface area contributed by atoms with E-state index in [0.717, 1.165) is 17.2 Å². The lowest BCUT2D eigenvalue weighted by Crippen LogP contribution is -2.34. The molecule has 0 bridgehead atoms. The molecule has 2 N–H and O–H groups in total. The van der Waals surface area contributed by atoms with Gasteiger partial charge in [0.1, 0.15) is 0 Å². The zero-order valence-corrected chi connectivity index (χ0v) is 16.8. The molecule has 2 aromatic carbocycles. The van der Waals surface area contributed by atoms with Gasteiger partial charge in [0.2, 0.25) is 11.8 Å². The van der Waals surface area contributed by atoms with Crippen LogP contribution in [0.4, 0.5) is 18.9 Å². The van der Waals surface area contributed by atoms with Crippen molar-refractivity contribution in [1.82, 2.24) is 10.2 Å². The molecule has 3 rings (SSSR count). The number of carbonyl (C=O) groups is 2.